The van der Waals surface area contributed by atoms with E-state index in [1.807, 2.05) is 12.1 Å². The standard InChI is InChI=1S/C52H57N3O6S2.Na/c1-51(2)46(54(32-9-11-34-62(56,57)58)44-28-22-36-14-5-7-18-42(36)49(44)51)30-24-38-16-13-17-39(48(38)40-20-26-41(53)27-21-40)25-31-47-52(3,4)50-43-19-8-6-15-37(43)23-29-45(50)55(47)33-10-12-35-63(59,60)61;/h5-8,14-15,18-31,53H,9-13,16-17,32-35H2,1-4H3,(H2,56,57,58,59,60,61);/q;+1/p-1/b38-24+,46-30+;. The van der Waals surface area contributed by atoms with Crippen molar-refractivity contribution in [2.75, 3.05) is 35.2 Å². The minimum absolute atomic E-state index is 0. The molecule has 0 aromatic heterocycles. The number of hydrogen-bond donors (Lipinski definition) is 1. The average Bonchev–Trinajstić information content (AvgIpc) is 3.60. The summed E-state index contributed by atoms with van der Waals surface area (Å²) in [6.45, 7) is 10.2. The average molecular weight is 906 g/mol. The Morgan fingerprint density at radius 3 is 1.95 bits per heavy atom. The molecule has 3 aliphatic rings. The van der Waals surface area contributed by atoms with Crippen LogP contribution in [0.1, 0.15) is 89.3 Å². The third-order valence-electron chi connectivity index (χ3n) is 13.2. The Bertz CT molecular complexity index is 3000. The molecule has 9 nitrogen and oxygen atoms in total. The van der Waals surface area contributed by atoms with Crippen LogP contribution >= 0.6 is 0 Å². The van der Waals surface area contributed by atoms with Crippen molar-refractivity contribution in [1.82, 2.24) is 0 Å². The van der Waals surface area contributed by atoms with E-state index in [1.54, 1.807) is 0 Å². The molecular weight excluding hydrogens is 850 g/mol. The maximum Gasteiger partial charge on any atom is 1.00 e. The number of rotatable bonds is 14. The van der Waals surface area contributed by atoms with Crippen LogP contribution < -0.4 is 40.2 Å². The summed E-state index contributed by atoms with van der Waals surface area (Å²) in [7, 11) is -8.62. The molecule has 328 valence electrons. The van der Waals surface area contributed by atoms with Gasteiger partial charge < -0.3 is 19.7 Å². The number of nitrogens with zero attached hydrogens (tertiary/aromatic N) is 2. The number of nitrogen functional groups attached to an aromatic ring is 1. The second kappa shape index (κ2) is 18.9. The fraction of sp³-hybridized carbons (Fsp3) is 0.327. The van der Waals surface area contributed by atoms with Crippen LogP contribution in [0.2, 0.25) is 0 Å². The number of benzene rings is 5. The first-order chi connectivity index (χ1) is 29.9. The van der Waals surface area contributed by atoms with Crippen LogP contribution in [0, 0.1) is 0 Å². The van der Waals surface area contributed by atoms with Gasteiger partial charge in [0.25, 0.3) is 0 Å². The number of hydrogen-bond acceptors (Lipinski definition) is 8. The Hall–Kier alpha value is -4.33. The molecule has 5 aromatic rings. The monoisotopic (exact) mass is 905 g/mol. The number of unbranched alkanes of at least 4 members (excludes halogenated alkanes) is 2. The molecule has 0 amide bonds. The van der Waals surface area contributed by atoms with Gasteiger partial charge in [0.15, 0.2) is 5.71 Å². The molecule has 0 atom stereocenters. The fourth-order valence-corrected chi connectivity index (χ4v) is 11.4. The Labute approximate surface area is 400 Å². The molecule has 0 bridgehead atoms. The van der Waals surface area contributed by atoms with Crippen LogP contribution in [0.5, 0.6) is 0 Å². The topological polar surface area (TPSA) is 147 Å². The normalized spacial score (nSPS) is 18.4. The molecular formula is C52H56N3NaO6S2. The van der Waals surface area contributed by atoms with Crippen LogP contribution in [0.4, 0.5) is 17.1 Å². The van der Waals surface area contributed by atoms with E-state index in [-0.39, 0.29) is 64.7 Å². The van der Waals surface area contributed by atoms with Crippen LogP contribution in [-0.2, 0) is 31.1 Å². The molecule has 1 aliphatic carbocycles. The molecule has 0 saturated carbocycles. The number of allylic oxidation sites excluding steroid dienone is 8. The van der Waals surface area contributed by atoms with Crippen molar-refractivity contribution in [3.8, 4) is 0 Å². The molecule has 0 saturated heterocycles. The molecule has 2 heterocycles. The van der Waals surface area contributed by atoms with Gasteiger partial charge in [0.1, 0.15) is 6.54 Å². The van der Waals surface area contributed by atoms with Crippen molar-refractivity contribution >= 4 is 70.1 Å². The van der Waals surface area contributed by atoms with Gasteiger partial charge in [0.2, 0.25) is 5.69 Å². The zero-order chi connectivity index (χ0) is 44.7. The zero-order valence-corrected chi connectivity index (χ0v) is 41.2. The van der Waals surface area contributed by atoms with E-state index in [9.17, 15) is 25.9 Å². The Morgan fingerprint density at radius 1 is 0.688 bits per heavy atom. The summed E-state index contributed by atoms with van der Waals surface area (Å²) in [6.07, 6.45) is 13.4. The minimum Gasteiger partial charge on any atom is -0.748 e. The Morgan fingerprint density at radius 2 is 1.30 bits per heavy atom. The van der Waals surface area contributed by atoms with Crippen LogP contribution in [-0.4, -0.2) is 60.8 Å². The maximum absolute atomic E-state index is 11.5. The van der Waals surface area contributed by atoms with Gasteiger partial charge in [-0.15, -0.1) is 0 Å². The number of anilines is 2. The quantitative estimate of drug-likeness (QED) is 0.0399. The zero-order valence-electron chi connectivity index (χ0n) is 37.6. The third-order valence-corrected chi connectivity index (χ3v) is 14.8. The molecule has 0 unspecified atom stereocenters. The summed E-state index contributed by atoms with van der Waals surface area (Å²) < 4.78 is 71.5. The smallest absolute Gasteiger partial charge is 0.748 e. The SMILES string of the molecule is CC1(C)C(/C=C/C2=C(c3ccc(N)cc3)C(=C/C=C3/N(CCCCS(=O)(=O)[O-])c4ccc5ccccc5c4C3(C)C)/CCC2)=[N+](CCCCS(=O)(=O)[O-])c2ccc3ccccc3c21.[Na+]. The van der Waals surface area contributed by atoms with Crippen LogP contribution in [0.3, 0.4) is 0 Å². The molecule has 12 heteroatoms. The van der Waals surface area contributed by atoms with Gasteiger partial charge in [-0.25, -0.2) is 16.8 Å². The van der Waals surface area contributed by atoms with Gasteiger partial charge in [-0.1, -0.05) is 92.7 Å². The molecule has 8 rings (SSSR count). The number of fused-ring (bicyclic) bond motifs is 6. The summed E-state index contributed by atoms with van der Waals surface area (Å²) in [6, 6.07) is 33.5. The fourth-order valence-electron chi connectivity index (χ4n) is 10.3. The predicted octanol–water partition coefficient (Wildman–Crippen LogP) is 7.41. The molecule has 64 heavy (non-hydrogen) atoms. The van der Waals surface area contributed by atoms with E-state index in [2.05, 4.69) is 146 Å². The third kappa shape index (κ3) is 9.77. The largest absolute Gasteiger partial charge is 1.00 e. The van der Waals surface area contributed by atoms with Gasteiger partial charge >= 0.3 is 29.6 Å². The number of nitrogens with two attached hydrogens (primary N) is 1. The van der Waals surface area contributed by atoms with E-state index in [0.29, 0.717) is 31.6 Å². The van der Waals surface area contributed by atoms with Crippen molar-refractivity contribution in [3.63, 3.8) is 0 Å². The van der Waals surface area contributed by atoms with Crippen LogP contribution in [0.25, 0.3) is 27.1 Å². The summed E-state index contributed by atoms with van der Waals surface area (Å²) >= 11 is 0. The first-order valence-electron chi connectivity index (χ1n) is 22.0. The molecule has 2 N–H and O–H groups in total. The second-order valence-electron chi connectivity index (χ2n) is 18.2. The van der Waals surface area contributed by atoms with E-state index in [0.717, 1.165) is 64.0 Å². The molecule has 5 aromatic carbocycles. The van der Waals surface area contributed by atoms with Crippen LogP contribution in [0.15, 0.2) is 138 Å². The van der Waals surface area contributed by atoms with Gasteiger partial charge in [0.05, 0.1) is 25.7 Å². The summed E-state index contributed by atoms with van der Waals surface area (Å²) in [5.41, 5.74) is 17.7. The Balaban J connectivity index is 0.00000612. The van der Waals surface area contributed by atoms with E-state index in [4.69, 9.17) is 5.73 Å². The van der Waals surface area contributed by atoms with Crippen molar-refractivity contribution in [3.05, 3.63) is 155 Å². The first-order valence-corrected chi connectivity index (χ1v) is 25.1. The first kappa shape index (κ1) is 47.6. The maximum atomic E-state index is 11.5. The van der Waals surface area contributed by atoms with Gasteiger partial charge in [0, 0.05) is 64.7 Å². The molecule has 0 fully saturated rings. The summed E-state index contributed by atoms with van der Waals surface area (Å²) in [5, 5.41) is 4.68. The molecule has 0 spiro atoms. The van der Waals surface area contributed by atoms with E-state index >= 15 is 0 Å². The summed E-state index contributed by atoms with van der Waals surface area (Å²) in [4.78, 5) is 2.31. The summed E-state index contributed by atoms with van der Waals surface area (Å²) in [5.74, 6) is -0.765. The van der Waals surface area contributed by atoms with Gasteiger partial charge in [-0.2, -0.15) is 4.58 Å². The second-order valence-corrected chi connectivity index (χ2v) is 21.2. The molecule has 0 radical (unpaired) electrons. The predicted molar refractivity (Wildman–Crippen MR) is 256 cm³/mol. The van der Waals surface area contributed by atoms with E-state index < -0.39 is 20.2 Å². The van der Waals surface area contributed by atoms with Gasteiger partial charge in [-0.3, -0.25) is 0 Å². The Kier molecular flexibility index (Phi) is 14.0. The van der Waals surface area contributed by atoms with Crippen molar-refractivity contribution in [2.45, 2.75) is 83.5 Å². The van der Waals surface area contributed by atoms with Crippen molar-refractivity contribution < 1.29 is 60.1 Å². The van der Waals surface area contributed by atoms with Crippen molar-refractivity contribution in [1.29, 1.82) is 0 Å². The molecule has 2 aliphatic heterocycles. The van der Waals surface area contributed by atoms with Crippen molar-refractivity contribution in [2.24, 2.45) is 0 Å². The van der Waals surface area contributed by atoms with E-state index in [1.165, 1.54) is 33.0 Å². The minimum atomic E-state index is -4.31. The van der Waals surface area contributed by atoms with Gasteiger partial charge in [-0.05, 0) is 132 Å².